The highest BCUT2D eigenvalue weighted by molar-refractivity contribution is 6.32. The van der Waals surface area contributed by atoms with Crippen LogP contribution in [0.4, 0.5) is 0 Å². The zero-order chi connectivity index (χ0) is 22.9. The first-order valence-electron chi connectivity index (χ1n) is 11.4. The summed E-state index contributed by atoms with van der Waals surface area (Å²) in [6.07, 6.45) is 2.88. The Morgan fingerprint density at radius 1 is 1.25 bits per heavy atom. The van der Waals surface area contributed by atoms with Gasteiger partial charge in [0.05, 0.1) is 17.0 Å². The van der Waals surface area contributed by atoms with Gasteiger partial charge < -0.3 is 19.3 Å². The number of carboxylic acid groups (broad SMARTS) is 1. The van der Waals surface area contributed by atoms with Gasteiger partial charge in [-0.2, -0.15) is 0 Å². The second-order valence-corrected chi connectivity index (χ2v) is 9.71. The molecule has 172 valence electrons. The number of para-hydroxylation sites is 1. The van der Waals surface area contributed by atoms with Crippen molar-refractivity contribution in [3.8, 4) is 11.5 Å². The molecular weight excluding hydrogens is 428 g/mol. The van der Waals surface area contributed by atoms with Crippen LogP contribution >= 0.6 is 11.6 Å². The smallest absolute Gasteiger partial charge is 0.309 e. The van der Waals surface area contributed by atoms with Gasteiger partial charge in [0.25, 0.3) is 0 Å². The Hall–Kier alpha value is -2.24. The molecule has 0 aromatic heterocycles. The summed E-state index contributed by atoms with van der Waals surface area (Å²) in [7, 11) is 0. The number of fused-ring (bicyclic) bond motifs is 3. The molecule has 0 amide bonds. The lowest BCUT2D eigenvalue weighted by molar-refractivity contribution is -0.192. The summed E-state index contributed by atoms with van der Waals surface area (Å²) in [6, 6.07) is 13.5. The number of ether oxygens (including phenoxy) is 3. The van der Waals surface area contributed by atoms with E-state index in [1.54, 1.807) is 12.1 Å². The van der Waals surface area contributed by atoms with Gasteiger partial charge in [0, 0.05) is 11.5 Å². The highest BCUT2D eigenvalue weighted by Gasteiger charge is 2.52. The fourth-order valence-corrected chi connectivity index (χ4v) is 5.01. The molecule has 0 spiro atoms. The second kappa shape index (κ2) is 9.32. The Kier molecular flexibility index (Phi) is 6.68. The quantitative estimate of drug-likeness (QED) is 0.544. The average Bonchev–Trinajstić information content (AvgIpc) is 2.76. The van der Waals surface area contributed by atoms with E-state index >= 15 is 0 Å². The van der Waals surface area contributed by atoms with Crippen LogP contribution < -0.4 is 9.47 Å². The van der Waals surface area contributed by atoms with E-state index < -0.39 is 23.6 Å². The SMILES string of the molecule is CCCCc1ccc2c(c1)[C@H]1O[C@@H](COc3ccccc3Cl)[C@H](C(=O)O)C[C@@H]1C(C)(C)O2. The van der Waals surface area contributed by atoms with Gasteiger partial charge in [0.15, 0.2) is 0 Å². The van der Waals surface area contributed by atoms with Gasteiger partial charge in [-0.05, 0) is 62.9 Å². The molecule has 0 bridgehead atoms. The van der Waals surface area contributed by atoms with Crippen molar-refractivity contribution in [1.29, 1.82) is 0 Å². The largest absolute Gasteiger partial charge is 0.489 e. The maximum absolute atomic E-state index is 12.1. The van der Waals surface area contributed by atoms with Crippen molar-refractivity contribution in [1.82, 2.24) is 0 Å². The summed E-state index contributed by atoms with van der Waals surface area (Å²) in [5.74, 6) is -0.301. The van der Waals surface area contributed by atoms with Gasteiger partial charge in [0.1, 0.15) is 29.8 Å². The molecule has 1 saturated heterocycles. The van der Waals surface area contributed by atoms with Crippen LogP contribution in [0.15, 0.2) is 42.5 Å². The summed E-state index contributed by atoms with van der Waals surface area (Å²) in [4.78, 5) is 12.1. The summed E-state index contributed by atoms with van der Waals surface area (Å²) >= 11 is 6.22. The van der Waals surface area contributed by atoms with Crippen molar-refractivity contribution in [2.75, 3.05) is 6.61 Å². The first kappa shape index (κ1) is 22.9. The molecule has 2 heterocycles. The molecular formula is C26H31ClO5. The summed E-state index contributed by atoms with van der Waals surface area (Å²) < 4.78 is 18.8. The Balaban J connectivity index is 1.62. The number of halogens is 1. The third-order valence-electron chi connectivity index (χ3n) is 6.67. The van der Waals surface area contributed by atoms with E-state index in [9.17, 15) is 9.90 Å². The lowest BCUT2D eigenvalue weighted by Gasteiger charge is -2.50. The molecule has 2 aromatic rings. The number of benzene rings is 2. The van der Waals surface area contributed by atoms with Crippen molar-refractivity contribution in [2.45, 2.75) is 64.3 Å². The van der Waals surface area contributed by atoms with Gasteiger partial charge in [-0.3, -0.25) is 4.79 Å². The van der Waals surface area contributed by atoms with E-state index in [2.05, 4.69) is 19.1 Å². The maximum Gasteiger partial charge on any atom is 0.309 e. The molecule has 4 rings (SSSR count). The average molecular weight is 459 g/mol. The fourth-order valence-electron chi connectivity index (χ4n) is 4.82. The van der Waals surface area contributed by atoms with Gasteiger partial charge in [-0.25, -0.2) is 0 Å². The molecule has 6 heteroatoms. The van der Waals surface area contributed by atoms with E-state index in [0.29, 0.717) is 17.2 Å². The zero-order valence-electron chi connectivity index (χ0n) is 18.8. The Labute approximate surface area is 194 Å². The molecule has 0 aliphatic carbocycles. The number of carboxylic acids is 1. The molecule has 0 saturated carbocycles. The second-order valence-electron chi connectivity index (χ2n) is 9.30. The van der Waals surface area contributed by atoms with Crippen molar-refractivity contribution >= 4 is 17.6 Å². The standard InChI is InChI=1S/C26H31ClO5/c1-4-5-8-16-11-12-21-17(13-16)24-19(26(2,3)32-21)14-18(25(28)29)23(31-24)15-30-22-10-7-6-9-20(22)27/h6-7,9-13,18-19,23-24H,4-5,8,14-15H2,1-3H3,(H,28,29)/t18-,19+,23+,24-/m1/s1. The normalized spacial score (nSPS) is 25.9. The highest BCUT2D eigenvalue weighted by Crippen LogP contribution is 2.52. The van der Waals surface area contributed by atoms with Crippen molar-refractivity contribution in [3.05, 3.63) is 58.6 Å². The fraction of sp³-hybridized carbons (Fsp3) is 0.500. The van der Waals surface area contributed by atoms with Crippen molar-refractivity contribution in [2.24, 2.45) is 11.8 Å². The lowest BCUT2D eigenvalue weighted by Crippen LogP contribution is -2.53. The van der Waals surface area contributed by atoms with Gasteiger partial charge in [0.2, 0.25) is 0 Å². The Morgan fingerprint density at radius 2 is 2.03 bits per heavy atom. The van der Waals surface area contributed by atoms with Crippen molar-refractivity contribution < 1.29 is 24.1 Å². The highest BCUT2D eigenvalue weighted by atomic mass is 35.5. The van der Waals surface area contributed by atoms with Crippen LogP contribution in [0.25, 0.3) is 0 Å². The minimum Gasteiger partial charge on any atom is -0.489 e. The first-order valence-corrected chi connectivity index (χ1v) is 11.8. The third-order valence-corrected chi connectivity index (χ3v) is 6.98. The van der Waals surface area contributed by atoms with Crippen LogP contribution in [0, 0.1) is 11.8 Å². The predicted octanol–water partition coefficient (Wildman–Crippen LogP) is 6.08. The predicted molar refractivity (Wildman–Crippen MR) is 124 cm³/mol. The number of carbonyl (C=O) groups is 1. The van der Waals surface area contributed by atoms with Gasteiger partial charge in [-0.15, -0.1) is 0 Å². The molecule has 2 aliphatic rings. The van der Waals surface area contributed by atoms with E-state index in [-0.39, 0.29) is 18.6 Å². The molecule has 0 radical (unpaired) electrons. The van der Waals surface area contributed by atoms with E-state index in [0.717, 1.165) is 30.6 Å². The number of hydrogen-bond acceptors (Lipinski definition) is 4. The molecule has 0 unspecified atom stereocenters. The molecule has 5 nitrogen and oxygen atoms in total. The molecule has 4 atom stereocenters. The lowest BCUT2D eigenvalue weighted by atomic mass is 9.71. The number of hydrogen-bond donors (Lipinski definition) is 1. The molecule has 1 fully saturated rings. The van der Waals surface area contributed by atoms with E-state index in [4.69, 9.17) is 25.8 Å². The van der Waals surface area contributed by atoms with Gasteiger partial charge in [-0.1, -0.05) is 43.1 Å². The van der Waals surface area contributed by atoms with Crippen LogP contribution in [0.1, 0.15) is 57.3 Å². The van der Waals surface area contributed by atoms with Gasteiger partial charge >= 0.3 is 5.97 Å². The van der Waals surface area contributed by atoms with Crippen LogP contribution in [0.5, 0.6) is 11.5 Å². The van der Waals surface area contributed by atoms with E-state index in [1.165, 1.54) is 5.56 Å². The molecule has 2 aromatic carbocycles. The van der Waals surface area contributed by atoms with Crippen LogP contribution in [0.2, 0.25) is 5.02 Å². The Bertz CT molecular complexity index is 972. The number of unbranched alkanes of at least 4 members (excludes halogenated alkanes) is 1. The molecule has 1 N–H and O–H groups in total. The van der Waals surface area contributed by atoms with Crippen LogP contribution in [-0.4, -0.2) is 29.4 Å². The van der Waals surface area contributed by atoms with E-state index in [1.807, 2.05) is 32.0 Å². The van der Waals surface area contributed by atoms with Crippen LogP contribution in [-0.2, 0) is 16.0 Å². The first-order chi connectivity index (χ1) is 15.3. The number of aryl methyl sites for hydroxylation is 1. The number of aliphatic carboxylic acids is 1. The zero-order valence-corrected chi connectivity index (χ0v) is 19.6. The summed E-state index contributed by atoms with van der Waals surface area (Å²) in [5.41, 5.74) is 1.72. The minimum atomic E-state index is -0.880. The Morgan fingerprint density at radius 3 is 2.75 bits per heavy atom. The minimum absolute atomic E-state index is 0.0749. The molecule has 2 aliphatic heterocycles. The third kappa shape index (κ3) is 4.60. The topological polar surface area (TPSA) is 65.0 Å². The number of rotatable bonds is 7. The van der Waals surface area contributed by atoms with Crippen molar-refractivity contribution in [3.63, 3.8) is 0 Å². The maximum atomic E-state index is 12.1. The molecule has 32 heavy (non-hydrogen) atoms. The summed E-state index contributed by atoms with van der Waals surface area (Å²) in [6.45, 7) is 6.33. The van der Waals surface area contributed by atoms with Crippen LogP contribution in [0.3, 0.4) is 0 Å². The summed E-state index contributed by atoms with van der Waals surface area (Å²) in [5, 5.41) is 10.4. The monoisotopic (exact) mass is 458 g/mol.